The summed E-state index contributed by atoms with van der Waals surface area (Å²) in [7, 11) is 0. The van der Waals surface area contributed by atoms with Gasteiger partial charge in [0.2, 0.25) is 0 Å². The summed E-state index contributed by atoms with van der Waals surface area (Å²) in [6.07, 6.45) is 1.33. The first-order valence-electron chi connectivity index (χ1n) is 3.63. The standard InChI is InChI=1S/C9H9ClFNO/c1-2-7(12)8-6(11)4-3-5(10)9(8)13/h2-4,7,13H,1,12H2/t7-/m0/s1. The molecule has 0 spiro atoms. The zero-order valence-corrected chi connectivity index (χ0v) is 7.55. The maximum atomic E-state index is 13.1. The van der Waals surface area contributed by atoms with Gasteiger partial charge >= 0.3 is 0 Å². The summed E-state index contributed by atoms with van der Waals surface area (Å²) in [6, 6.07) is 1.67. The first kappa shape index (κ1) is 10.0. The van der Waals surface area contributed by atoms with Crippen LogP contribution in [0.5, 0.6) is 5.75 Å². The summed E-state index contributed by atoms with van der Waals surface area (Å²) in [6.45, 7) is 3.40. The van der Waals surface area contributed by atoms with Gasteiger partial charge in [0.1, 0.15) is 11.6 Å². The lowest BCUT2D eigenvalue weighted by Crippen LogP contribution is -2.09. The van der Waals surface area contributed by atoms with E-state index in [0.717, 1.165) is 6.07 Å². The highest BCUT2D eigenvalue weighted by Gasteiger charge is 2.15. The molecule has 13 heavy (non-hydrogen) atoms. The predicted octanol–water partition coefficient (Wildman–Crippen LogP) is 2.37. The summed E-state index contributed by atoms with van der Waals surface area (Å²) in [5.41, 5.74) is 5.46. The SMILES string of the molecule is C=C[C@H](N)c1c(F)ccc(Cl)c1O. The average molecular weight is 202 g/mol. The van der Waals surface area contributed by atoms with Gasteiger partial charge in [-0.1, -0.05) is 17.7 Å². The van der Waals surface area contributed by atoms with Crippen LogP contribution in [0.3, 0.4) is 0 Å². The Morgan fingerprint density at radius 3 is 2.77 bits per heavy atom. The number of benzene rings is 1. The molecule has 0 aromatic heterocycles. The van der Waals surface area contributed by atoms with E-state index >= 15 is 0 Å². The lowest BCUT2D eigenvalue weighted by atomic mass is 10.1. The molecule has 0 aliphatic rings. The summed E-state index contributed by atoms with van der Waals surface area (Å²) in [5, 5.41) is 9.46. The highest BCUT2D eigenvalue weighted by atomic mass is 35.5. The third-order valence-corrected chi connectivity index (χ3v) is 2.01. The van der Waals surface area contributed by atoms with Crippen LogP contribution in [0.4, 0.5) is 4.39 Å². The summed E-state index contributed by atoms with van der Waals surface area (Å²) >= 11 is 5.58. The van der Waals surface area contributed by atoms with Gasteiger partial charge < -0.3 is 10.8 Å². The molecule has 1 aromatic carbocycles. The van der Waals surface area contributed by atoms with E-state index in [0.29, 0.717) is 0 Å². The van der Waals surface area contributed by atoms with Gasteiger partial charge in [-0.25, -0.2) is 4.39 Å². The van der Waals surface area contributed by atoms with Crippen LogP contribution in [0.15, 0.2) is 24.8 Å². The van der Waals surface area contributed by atoms with E-state index in [2.05, 4.69) is 6.58 Å². The maximum Gasteiger partial charge on any atom is 0.142 e. The van der Waals surface area contributed by atoms with Gasteiger partial charge in [-0.2, -0.15) is 0 Å². The quantitative estimate of drug-likeness (QED) is 0.722. The molecule has 0 unspecified atom stereocenters. The van der Waals surface area contributed by atoms with Crippen LogP contribution in [-0.2, 0) is 0 Å². The van der Waals surface area contributed by atoms with Crippen molar-refractivity contribution >= 4 is 11.6 Å². The van der Waals surface area contributed by atoms with E-state index < -0.39 is 11.9 Å². The third-order valence-electron chi connectivity index (χ3n) is 1.70. The van der Waals surface area contributed by atoms with E-state index in [9.17, 15) is 9.50 Å². The number of rotatable bonds is 2. The highest BCUT2D eigenvalue weighted by molar-refractivity contribution is 6.32. The van der Waals surface area contributed by atoms with Crippen molar-refractivity contribution in [3.8, 4) is 5.75 Å². The number of nitrogens with two attached hydrogens (primary N) is 1. The van der Waals surface area contributed by atoms with Gasteiger partial charge in [0.15, 0.2) is 0 Å². The summed E-state index contributed by atoms with van der Waals surface area (Å²) in [5.74, 6) is -0.914. The van der Waals surface area contributed by atoms with E-state index in [4.69, 9.17) is 17.3 Å². The van der Waals surface area contributed by atoms with Crippen LogP contribution in [0, 0.1) is 5.82 Å². The molecule has 0 fully saturated rings. The molecule has 0 aliphatic heterocycles. The molecule has 0 saturated heterocycles. The summed E-state index contributed by atoms with van der Waals surface area (Å²) < 4.78 is 13.1. The Morgan fingerprint density at radius 1 is 1.62 bits per heavy atom. The minimum Gasteiger partial charge on any atom is -0.506 e. The van der Waals surface area contributed by atoms with Gasteiger partial charge in [0, 0.05) is 0 Å². The largest absolute Gasteiger partial charge is 0.506 e. The molecule has 0 radical (unpaired) electrons. The molecule has 1 atom stereocenters. The van der Waals surface area contributed by atoms with Crippen LogP contribution in [0.2, 0.25) is 5.02 Å². The van der Waals surface area contributed by atoms with Gasteiger partial charge in [-0.3, -0.25) is 0 Å². The van der Waals surface area contributed by atoms with E-state index in [1.54, 1.807) is 0 Å². The number of aromatic hydroxyl groups is 1. The topological polar surface area (TPSA) is 46.2 Å². The van der Waals surface area contributed by atoms with Crippen molar-refractivity contribution in [2.45, 2.75) is 6.04 Å². The first-order valence-corrected chi connectivity index (χ1v) is 4.00. The molecule has 0 saturated carbocycles. The van der Waals surface area contributed by atoms with E-state index in [1.165, 1.54) is 12.1 Å². The molecule has 1 rings (SSSR count). The monoisotopic (exact) mass is 201 g/mol. The normalized spacial score (nSPS) is 12.5. The smallest absolute Gasteiger partial charge is 0.142 e. The van der Waals surface area contributed by atoms with Crippen LogP contribution in [-0.4, -0.2) is 5.11 Å². The number of hydrogen-bond donors (Lipinski definition) is 2. The van der Waals surface area contributed by atoms with Crippen LogP contribution < -0.4 is 5.73 Å². The average Bonchev–Trinajstić information content (AvgIpc) is 2.12. The number of phenols is 1. The molecule has 2 nitrogen and oxygen atoms in total. The van der Waals surface area contributed by atoms with Crippen molar-refractivity contribution in [1.29, 1.82) is 0 Å². The number of halogens is 2. The number of hydrogen-bond acceptors (Lipinski definition) is 2. The van der Waals surface area contributed by atoms with Crippen molar-refractivity contribution < 1.29 is 9.50 Å². The van der Waals surface area contributed by atoms with E-state index in [-0.39, 0.29) is 16.3 Å². The fourth-order valence-electron chi connectivity index (χ4n) is 0.992. The molecule has 4 heteroatoms. The molecular weight excluding hydrogens is 193 g/mol. The molecule has 70 valence electrons. The van der Waals surface area contributed by atoms with Crippen LogP contribution in [0.25, 0.3) is 0 Å². The molecule has 0 heterocycles. The Balaban J connectivity index is 3.32. The fraction of sp³-hybridized carbons (Fsp3) is 0.111. The molecule has 0 aliphatic carbocycles. The Morgan fingerprint density at radius 2 is 2.23 bits per heavy atom. The Bertz CT molecular complexity index is 341. The fourth-order valence-corrected chi connectivity index (χ4v) is 1.16. The maximum absolute atomic E-state index is 13.1. The molecular formula is C9H9ClFNO. The Labute approximate surface area is 80.4 Å². The molecule has 0 bridgehead atoms. The second kappa shape index (κ2) is 3.77. The van der Waals surface area contributed by atoms with Gasteiger partial charge in [0.25, 0.3) is 0 Å². The lowest BCUT2D eigenvalue weighted by molar-refractivity contribution is 0.456. The van der Waals surface area contributed by atoms with Gasteiger partial charge in [0.05, 0.1) is 16.6 Å². The van der Waals surface area contributed by atoms with Crippen molar-refractivity contribution in [1.82, 2.24) is 0 Å². The van der Waals surface area contributed by atoms with Crippen molar-refractivity contribution in [3.63, 3.8) is 0 Å². The summed E-state index contributed by atoms with van der Waals surface area (Å²) in [4.78, 5) is 0. The zero-order valence-electron chi connectivity index (χ0n) is 6.80. The minimum absolute atomic E-state index is 0.0255. The lowest BCUT2D eigenvalue weighted by Gasteiger charge is -2.10. The predicted molar refractivity (Wildman–Crippen MR) is 50.2 cm³/mol. The van der Waals surface area contributed by atoms with E-state index in [1.807, 2.05) is 0 Å². The number of phenolic OH excluding ortho intramolecular Hbond substituents is 1. The van der Waals surface area contributed by atoms with Crippen molar-refractivity contribution in [2.24, 2.45) is 5.73 Å². The second-order valence-electron chi connectivity index (χ2n) is 2.55. The second-order valence-corrected chi connectivity index (χ2v) is 2.96. The van der Waals surface area contributed by atoms with Crippen LogP contribution >= 0.6 is 11.6 Å². The Kier molecular flexibility index (Phi) is 2.90. The van der Waals surface area contributed by atoms with Crippen molar-refractivity contribution in [3.05, 3.63) is 41.2 Å². The molecule has 3 N–H and O–H groups in total. The third kappa shape index (κ3) is 1.82. The van der Waals surface area contributed by atoms with Gasteiger partial charge in [-0.05, 0) is 12.1 Å². The molecule has 1 aromatic rings. The Hall–Kier alpha value is -1.06. The molecule has 0 amide bonds. The zero-order chi connectivity index (χ0) is 10.0. The minimum atomic E-state index is -0.751. The van der Waals surface area contributed by atoms with Gasteiger partial charge in [-0.15, -0.1) is 6.58 Å². The van der Waals surface area contributed by atoms with Crippen LogP contribution in [0.1, 0.15) is 11.6 Å². The first-order chi connectivity index (χ1) is 6.07. The highest BCUT2D eigenvalue weighted by Crippen LogP contribution is 2.32. The van der Waals surface area contributed by atoms with Crippen molar-refractivity contribution in [2.75, 3.05) is 0 Å².